The van der Waals surface area contributed by atoms with Gasteiger partial charge in [-0.05, 0) is 45.7 Å². The van der Waals surface area contributed by atoms with Crippen LogP contribution < -0.4 is 15.0 Å². The summed E-state index contributed by atoms with van der Waals surface area (Å²) in [6.45, 7) is 4.55. The van der Waals surface area contributed by atoms with Gasteiger partial charge in [-0.1, -0.05) is 0 Å². The van der Waals surface area contributed by atoms with Gasteiger partial charge in [0.1, 0.15) is 4.47 Å². The van der Waals surface area contributed by atoms with Crippen molar-refractivity contribution >= 4 is 31.9 Å². The maximum Gasteiger partial charge on any atom is 0.289 e. The maximum absolute atomic E-state index is 12.2. The molecule has 0 amide bonds. The molecule has 0 N–H and O–H groups in total. The van der Waals surface area contributed by atoms with Crippen LogP contribution in [-0.2, 0) is 0 Å². The van der Waals surface area contributed by atoms with Crippen LogP contribution in [0.2, 0.25) is 0 Å². The smallest absolute Gasteiger partial charge is 0.289 e. The van der Waals surface area contributed by atoms with E-state index in [1.54, 1.807) is 6.07 Å². The quantitative estimate of drug-likeness (QED) is 0.740. The molecular weight excluding hydrogens is 408 g/mol. The topological polar surface area (TPSA) is 79.1 Å². The van der Waals surface area contributed by atoms with E-state index in [0.29, 0.717) is 33.9 Å². The lowest BCUT2D eigenvalue weighted by Gasteiger charge is -2.09. The van der Waals surface area contributed by atoms with Crippen molar-refractivity contribution in [1.82, 2.24) is 19.7 Å². The Bertz CT molecular complexity index is 681. The number of hydrogen-bond donors (Lipinski definition) is 0. The molecule has 7 nitrogen and oxygen atoms in total. The van der Waals surface area contributed by atoms with E-state index in [-0.39, 0.29) is 11.5 Å². The molecule has 0 bridgehead atoms. The molecule has 2 aromatic heterocycles. The highest BCUT2D eigenvalue weighted by atomic mass is 79.9. The summed E-state index contributed by atoms with van der Waals surface area (Å²) in [7, 11) is 0. The second-order valence-electron chi connectivity index (χ2n) is 3.73. The standard InChI is InChI=1S/C12H12Br2N4O3/c1-3-20-8-5-9(21-4-2)17-12(16-8)18-11(19)10(14)7(13)6-15-18/h5-6H,3-4H2,1-2H3. The van der Waals surface area contributed by atoms with Gasteiger partial charge in [-0.15, -0.1) is 0 Å². The minimum absolute atomic E-state index is 0.0857. The molecule has 0 saturated heterocycles. The highest BCUT2D eigenvalue weighted by Crippen LogP contribution is 2.19. The minimum atomic E-state index is -0.388. The third kappa shape index (κ3) is 3.59. The first-order valence-electron chi connectivity index (χ1n) is 6.15. The van der Waals surface area contributed by atoms with Crippen LogP contribution in [0.25, 0.3) is 5.95 Å². The van der Waals surface area contributed by atoms with Crippen LogP contribution in [0, 0.1) is 0 Å². The summed E-state index contributed by atoms with van der Waals surface area (Å²) in [6.07, 6.45) is 1.47. The molecule has 0 fully saturated rings. The van der Waals surface area contributed by atoms with Gasteiger partial charge in [-0.25, -0.2) is 0 Å². The predicted octanol–water partition coefficient (Wildman–Crippen LogP) is 2.34. The van der Waals surface area contributed by atoms with E-state index < -0.39 is 0 Å². The summed E-state index contributed by atoms with van der Waals surface area (Å²) in [6, 6.07) is 1.56. The van der Waals surface area contributed by atoms with E-state index in [9.17, 15) is 4.79 Å². The Kier molecular flexibility index (Phi) is 5.29. The van der Waals surface area contributed by atoms with E-state index in [1.165, 1.54) is 6.20 Å². The molecule has 0 atom stereocenters. The number of aromatic nitrogens is 4. The Morgan fingerprint density at radius 2 is 1.71 bits per heavy atom. The van der Waals surface area contributed by atoms with Crippen molar-refractivity contribution in [3.05, 3.63) is 31.6 Å². The summed E-state index contributed by atoms with van der Waals surface area (Å²) in [5.74, 6) is 0.722. The molecule has 2 heterocycles. The van der Waals surface area contributed by atoms with Gasteiger partial charge in [0.05, 0.1) is 29.9 Å². The first-order valence-corrected chi connectivity index (χ1v) is 7.73. The van der Waals surface area contributed by atoms with Crippen molar-refractivity contribution in [1.29, 1.82) is 0 Å². The first-order chi connectivity index (χ1) is 10.1. The molecule has 112 valence electrons. The zero-order valence-corrected chi connectivity index (χ0v) is 14.5. The normalized spacial score (nSPS) is 10.5. The molecule has 0 unspecified atom stereocenters. The fourth-order valence-electron chi connectivity index (χ4n) is 1.49. The van der Waals surface area contributed by atoms with Gasteiger partial charge in [0.15, 0.2) is 0 Å². The van der Waals surface area contributed by atoms with Crippen LogP contribution in [0.5, 0.6) is 11.8 Å². The van der Waals surface area contributed by atoms with Gasteiger partial charge in [0.2, 0.25) is 11.8 Å². The summed E-state index contributed by atoms with van der Waals surface area (Å²) >= 11 is 6.41. The third-order valence-corrected chi connectivity index (χ3v) is 4.22. The van der Waals surface area contributed by atoms with Gasteiger partial charge in [-0.2, -0.15) is 19.7 Å². The molecule has 0 saturated carbocycles. The van der Waals surface area contributed by atoms with Crippen molar-refractivity contribution in [3.8, 4) is 17.7 Å². The summed E-state index contributed by atoms with van der Waals surface area (Å²) < 4.78 is 12.7. The Balaban J connectivity index is 2.57. The number of nitrogens with zero attached hydrogens (tertiary/aromatic N) is 4. The second kappa shape index (κ2) is 6.99. The van der Waals surface area contributed by atoms with Crippen LogP contribution in [-0.4, -0.2) is 33.0 Å². The Morgan fingerprint density at radius 1 is 1.14 bits per heavy atom. The highest BCUT2D eigenvalue weighted by Gasteiger charge is 2.13. The molecule has 0 spiro atoms. The molecule has 0 aliphatic rings. The zero-order chi connectivity index (χ0) is 15.4. The molecule has 2 rings (SSSR count). The summed E-state index contributed by atoms with van der Waals surface area (Å²) in [5.41, 5.74) is -0.388. The monoisotopic (exact) mass is 418 g/mol. The van der Waals surface area contributed by atoms with Crippen molar-refractivity contribution in [3.63, 3.8) is 0 Å². The lowest BCUT2D eigenvalue weighted by molar-refractivity contribution is 0.304. The van der Waals surface area contributed by atoms with Crippen molar-refractivity contribution in [2.75, 3.05) is 13.2 Å². The molecule has 0 aliphatic heterocycles. The van der Waals surface area contributed by atoms with E-state index >= 15 is 0 Å². The van der Waals surface area contributed by atoms with Crippen LogP contribution in [0.4, 0.5) is 0 Å². The Labute approximate surface area is 137 Å². The zero-order valence-electron chi connectivity index (χ0n) is 11.3. The highest BCUT2D eigenvalue weighted by molar-refractivity contribution is 9.13. The average Bonchev–Trinajstić information content (AvgIpc) is 2.45. The van der Waals surface area contributed by atoms with Gasteiger partial charge in [-0.3, -0.25) is 4.79 Å². The van der Waals surface area contributed by atoms with Crippen LogP contribution in [0.1, 0.15) is 13.8 Å². The van der Waals surface area contributed by atoms with Gasteiger partial charge >= 0.3 is 0 Å². The molecule has 0 radical (unpaired) electrons. The maximum atomic E-state index is 12.2. The van der Waals surface area contributed by atoms with E-state index in [4.69, 9.17) is 9.47 Å². The van der Waals surface area contributed by atoms with Crippen LogP contribution in [0.15, 0.2) is 26.0 Å². The minimum Gasteiger partial charge on any atom is -0.478 e. The Hall–Kier alpha value is -1.48. The molecule has 2 aromatic rings. The fraction of sp³-hybridized carbons (Fsp3) is 0.333. The van der Waals surface area contributed by atoms with Crippen molar-refractivity contribution in [2.24, 2.45) is 0 Å². The van der Waals surface area contributed by atoms with E-state index in [0.717, 1.165) is 4.68 Å². The summed E-state index contributed by atoms with van der Waals surface area (Å²) in [5, 5.41) is 4.00. The Morgan fingerprint density at radius 3 is 2.24 bits per heavy atom. The third-order valence-electron chi connectivity index (χ3n) is 2.32. The lowest BCUT2D eigenvalue weighted by Crippen LogP contribution is -2.24. The van der Waals surface area contributed by atoms with Gasteiger partial charge in [0.25, 0.3) is 11.5 Å². The molecule has 21 heavy (non-hydrogen) atoms. The number of rotatable bonds is 5. The van der Waals surface area contributed by atoms with E-state index in [1.807, 2.05) is 13.8 Å². The lowest BCUT2D eigenvalue weighted by atomic mass is 10.5. The molecule has 9 heteroatoms. The fourth-order valence-corrected chi connectivity index (χ4v) is 2.02. The van der Waals surface area contributed by atoms with E-state index in [2.05, 4.69) is 46.9 Å². The van der Waals surface area contributed by atoms with Crippen LogP contribution in [0.3, 0.4) is 0 Å². The molecule has 0 aliphatic carbocycles. The van der Waals surface area contributed by atoms with Gasteiger partial charge < -0.3 is 9.47 Å². The first kappa shape index (κ1) is 15.9. The number of hydrogen-bond acceptors (Lipinski definition) is 6. The van der Waals surface area contributed by atoms with Gasteiger partial charge in [0, 0.05) is 0 Å². The predicted molar refractivity (Wildman–Crippen MR) is 83.2 cm³/mol. The van der Waals surface area contributed by atoms with Crippen molar-refractivity contribution in [2.45, 2.75) is 13.8 Å². The summed E-state index contributed by atoms with van der Waals surface area (Å²) in [4.78, 5) is 20.5. The molecule has 0 aromatic carbocycles. The molecular formula is C12H12Br2N4O3. The second-order valence-corrected chi connectivity index (χ2v) is 5.38. The average molecular weight is 420 g/mol. The number of ether oxygens (including phenoxy) is 2. The SMILES string of the molecule is CCOc1cc(OCC)nc(-n2ncc(Br)c(Br)c2=O)n1. The van der Waals surface area contributed by atoms with Crippen molar-refractivity contribution < 1.29 is 9.47 Å². The largest absolute Gasteiger partial charge is 0.478 e. The number of halogens is 2. The van der Waals surface area contributed by atoms with Crippen LogP contribution >= 0.6 is 31.9 Å².